The lowest BCUT2D eigenvalue weighted by atomic mass is 9.97. The van der Waals surface area contributed by atoms with Gasteiger partial charge in [0, 0.05) is 50.2 Å². The molecule has 0 aliphatic carbocycles. The van der Waals surface area contributed by atoms with E-state index in [1.807, 2.05) is 26.1 Å². The van der Waals surface area contributed by atoms with E-state index in [0.29, 0.717) is 18.7 Å². The van der Waals surface area contributed by atoms with Crippen LogP contribution in [0.4, 0.5) is 13.2 Å². The molecule has 28 heavy (non-hydrogen) atoms. The highest BCUT2D eigenvalue weighted by Crippen LogP contribution is 2.39. The lowest BCUT2D eigenvalue weighted by molar-refractivity contribution is -0.138. The Balaban J connectivity index is 1.65. The van der Waals surface area contributed by atoms with Gasteiger partial charge in [-0.15, -0.1) is 0 Å². The van der Waals surface area contributed by atoms with E-state index in [2.05, 4.69) is 9.88 Å². The lowest BCUT2D eigenvalue weighted by Crippen LogP contribution is -2.31. The Kier molecular flexibility index (Phi) is 4.65. The van der Waals surface area contributed by atoms with Crippen LogP contribution in [-0.4, -0.2) is 33.3 Å². The van der Waals surface area contributed by atoms with Crippen LogP contribution in [0.3, 0.4) is 0 Å². The molecule has 0 unspecified atom stereocenters. The van der Waals surface area contributed by atoms with Crippen LogP contribution < -0.4 is 0 Å². The van der Waals surface area contributed by atoms with Gasteiger partial charge in [-0.3, -0.25) is 14.7 Å². The van der Waals surface area contributed by atoms with Crippen molar-refractivity contribution < 1.29 is 18.0 Å². The smallest absolute Gasteiger partial charge is 0.332 e. The first kappa shape index (κ1) is 18.9. The lowest BCUT2D eigenvalue weighted by Gasteiger charge is -2.28. The van der Waals surface area contributed by atoms with Gasteiger partial charge in [-0.25, -0.2) is 0 Å². The summed E-state index contributed by atoms with van der Waals surface area (Å²) in [6.45, 7) is 5.46. The molecule has 0 N–H and O–H groups in total. The quantitative estimate of drug-likeness (QED) is 0.796. The SMILES string of the molecule is CC(C)N1Cc2c(cc(CN3CCc4cnccc4C3)cc2C(F)(F)F)C1=O. The van der Waals surface area contributed by atoms with Gasteiger partial charge in [0.25, 0.3) is 5.91 Å². The average molecular weight is 389 g/mol. The minimum Gasteiger partial charge on any atom is -0.332 e. The second-order valence-electron chi connectivity index (χ2n) is 7.80. The molecule has 1 aromatic carbocycles. The van der Waals surface area contributed by atoms with Gasteiger partial charge in [-0.2, -0.15) is 13.2 Å². The summed E-state index contributed by atoms with van der Waals surface area (Å²) in [6, 6.07) is 4.68. The highest BCUT2D eigenvalue weighted by molar-refractivity contribution is 5.99. The number of rotatable bonds is 3. The van der Waals surface area contributed by atoms with E-state index < -0.39 is 11.7 Å². The van der Waals surface area contributed by atoms with Crippen LogP contribution in [0.2, 0.25) is 0 Å². The average Bonchev–Trinajstić information content (AvgIpc) is 2.97. The van der Waals surface area contributed by atoms with E-state index in [-0.39, 0.29) is 29.6 Å². The molecule has 2 aromatic rings. The molecule has 2 aliphatic heterocycles. The number of carbonyl (C=O) groups excluding carboxylic acids is 1. The van der Waals surface area contributed by atoms with E-state index in [9.17, 15) is 18.0 Å². The van der Waals surface area contributed by atoms with Crippen LogP contribution >= 0.6 is 0 Å². The molecule has 0 bridgehead atoms. The molecular weight excluding hydrogens is 367 g/mol. The first-order chi connectivity index (χ1) is 13.2. The third kappa shape index (κ3) is 3.39. The van der Waals surface area contributed by atoms with Crippen molar-refractivity contribution in [2.24, 2.45) is 0 Å². The molecule has 2 aliphatic rings. The fourth-order valence-corrected chi connectivity index (χ4v) is 4.08. The molecule has 0 spiro atoms. The molecule has 0 atom stereocenters. The van der Waals surface area contributed by atoms with Crippen LogP contribution in [0.5, 0.6) is 0 Å². The molecule has 0 saturated heterocycles. The Labute approximate surface area is 162 Å². The molecule has 4 nitrogen and oxygen atoms in total. The van der Waals surface area contributed by atoms with Crippen molar-refractivity contribution >= 4 is 5.91 Å². The van der Waals surface area contributed by atoms with Gasteiger partial charge < -0.3 is 4.90 Å². The number of benzene rings is 1. The predicted molar refractivity (Wildman–Crippen MR) is 98.5 cm³/mol. The van der Waals surface area contributed by atoms with Gasteiger partial charge in [0.05, 0.1) is 5.56 Å². The summed E-state index contributed by atoms with van der Waals surface area (Å²) < 4.78 is 41.1. The fourth-order valence-electron chi connectivity index (χ4n) is 4.08. The van der Waals surface area contributed by atoms with E-state index >= 15 is 0 Å². The van der Waals surface area contributed by atoms with Crippen LogP contribution in [-0.2, 0) is 32.2 Å². The Morgan fingerprint density at radius 3 is 2.68 bits per heavy atom. The predicted octanol–water partition coefficient (Wildman–Crippen LogP) is 4.02. The van der Waals surface area contributed by atoms with Crippen LogP contribution in [0, 0.1) is 0 Å². The number of hydrogen-bond acceptors (Lipinski definition) is 3. The zero-order valence-corrected chi connectivity index (χ0v) is 15.9. The van der Waals surface area contributed by atoms with Crippen LogP contribution in [0.1, 0.15) is 52.0 Å². The topological polar surface area (TPSA) is 36.4 Å². The third-order valence-corrected chi connectivity index (χ3v) is 5.56. The zero-order valence-electron chi connectivity index (χ0n) is 15.9. The van der Waals surface area contributed by atoms with Crippen molar-refractivity contribution in [1.29, 1.82) is 0 Å². The molecule has 0 fully saturated rings. The zero-order chi connectivity index (χ0) is 20.1. The maximum Gasteiger partial charge on any atom is 0.416 e. The number of pyridine rings is 1. The van der Waals surface area contributed by atoms with Gasteiger partial charge in [0.2, 0.25) is 0 Å². The molecule has 1 amide bonds. The maximum absolute atomic E-state index is 13.7. The largest absolute Gasteiger partial charge is 0.416 e. The summed E-state index contributed by atoms with van der Waals surface area (Å²) in [5.74, 6) is -0.313. The Morgan fingerprint density at radius 2 is 1.96 bits per heavy atom. The standard InChI is InChI=1S/C21H22F3N3O/c1-13(2)27-12-18-17(20(27)28)7-14(8-19(18)21(22,23)24)10-26-6-4-15-9-25-5-3-16(15)11-26/h3,5,7-9,13H,4,6,10-12H2,1-2H3. The molecule has 3 heterocycles. The highest BCUT2D eigenvalue weighted by atomic mass is 19.4. The summed E-state index contributed by atoms with van der Waals surface area (Å²) >= 11 is 0. The van der Waals surface area contributed by atoms with E-state index in [1.165, 1.54) is 16.5 Å². The van der Waals surface area contributed by atoms with Crippen molar-refractivity contribution in [3.05, 3.63) is 64.0 Å². The van der Waals surface area contributed by atoms with Crippen molar-refractivity contribution in [3.63, 3.8) is 0 Å². The number of halogens is 3. The fraction of sp³-hybridized carbons (Fsp3) is 0.429. The van der Waals surface area contributed by atoms with E-state index in [1.54, 1.807) is 12.3 Å². The summed E-state index contributed by atoms with van der Waals surface area (Å²) in [5, 5.41) is 0. The van der Waals surface area contributed by atoms with Crippen molar-refractivity contribution in [1.82, 2.24) is 14.8 Å². The normalized spacial score (nSPS) is 17.2. The van der Waals surface area contributed by atoms with E-state index in [4.69, 9.17) is 0 Å². The second kappa shape index (κ2) is 6.88. The second-order valence-corrected chi connectivity index (χ2v) is 7.80. The van der Waals surface area contributed by atoms with Crippen LogP contribution in [0.15, 0.2) is 30.6 Å². The first-order valence-corrected chi connectivity index (χ1v) is 9.42. The molecular formula is C21H22F3N3O. The minimum absolute atomic E-state index is 0.0189. The van der Waals surface area contributed by atoms with Gasteiger partial charge >= 0.3 is 6.18 Å². The molecule has 1 aromatic heterocycles. The number of fused-ring (bicyclic) bond motifs is 2. The van der Waals surface area contributed by atoms with Gasteiger partial charge in [0.1, 0.15) is 0 Å². The Morgan fingerprint density at radius 1 is 1.18 bits per heavy atom. The monoisotopic (exact) mass is 389 g/mol. The van der Waals surface area contributed by atoms with Crippen molar-refractivity contribution in [2.75, 3.05) is 6.54 Å². The molecule has 0 radical (unpaired) electrons. The minimum atomic E-state index is -4.48. The van der Waals surface area contributed by atoms with Gasteiger partial charge in [-0.1, -0.05) is 0 Å². The summed E-state index contributed by atoms with van der Waals surface area (Å²) in [4.78, 5) is 20.4. The first-order valence-electron chi connectivity index (χ1n) is 9.42. The Bertz CT molecular complexity index is 924. The van der Waals surface area contributed by atoms with Gasteiger partial charge in [0.15, 0.2) is 0 Å². The van der Waals surface area contributed by atoms with E-state index in [0.717, 1.165) is 18.5 Å². The molecule has 7 heteroatoms. The summed E-state index contributed by atoms with van der Waals surface area (Å²) in [5.41, 5.74) is 2.48. The van der Waals surface area contributed by atoms with Crippen molar-refractivity contribution in [3.8, 4) is 0 Å². The number of hydrogen-bond donors (Lipinski definition) is 0. The molecule has 148 valence electrons. The van der Waals surface area contributed by atoms with Gasteiger partial charge in [-0.05, 0) is 60.7 Å². The number of amides is 1. The third-order valence-electron chi connectivity index (χ3n) is 5.56. The van der Waals surface area contributed by atoms with Crippen LogP contribution in [0.25, 0.3) is 0 Å². The Hall–Kier alpha value is -2.41. The maximum atomic E-state index is 13.7. The summed E-state index contributed by atoms with van der Waals surface area (Å²) in [6.07, 6.45) is -0.0739. The number of carbonyl (C=O) groups is 1. The number of nitrogens with zero attached hydrogens (tertiary/aromatic N) is 3. The molecule has 4 rings (SSSR count). The molecule has 0 saturated carbocycles. The number of alkyl halides is 3. The summed E-state index contributed by atoms with van der Waals surface area (Å²) in [7, 11) is 0. The highest BCUT2D eigenvalue weighted by Gasteiger charge is 2.40. The van der Waals surface area contributed by atoms with Crippen molar-refractivity contribution in [2.45, 2.75) is 52.1 Å². The number of aromatic nitrogens is 1.